The fourth-order valence-corrected chi connectivity index (χ4v) is 19.5. The molecule has 15 nitrogen and oxygen atoms in total. The van der Waals surface area contributed by atoms with Crippen molar-refractivity contribution in [2.45, 2.75) is 62.2 Å². The van der Waals surface area contributed by atoms with Gasteiger partial charge in [0.2, 0.25) is 11.4 Å². The molecule has 0 saturated carbocycles. The van der Waals surface area contributed by atoms with Crippen LogP contribution in [0.5, 0.6) is 0 Å². The van der Waals surface area contributed by atoms with Gasteiger partial charge in [-0.05, 0) is 182 Å². The van der Waals surface area contributed by atoms with Crippen LogP contribution in [0.2, 0.25) is 0 Å². The van der Waals surface area contributed by atoms with Gasteiger partial charge in [-0.25, -0.2) is 23.7 Å². The molecule has 0 aliphatic heterocycles. The summed E-state index contributed by atoms with van der Waals surface area (Å²) in [5.74, 6) is 2.76. The van der Waals surface area contributed by atoms with Gasteiger partial charge in [-0.1, -0.05) is 212 Å². The van der Waals surface area contributed by atoms with Crippen LogP contribution < -0.4 is 22.8 Å². The third-order valence-electron chi connectivity index (χ3n) is 25.5. The van der Waals surface area contributed by atoms with Crippen LogP contribution in [0.4, 0.5) is 0 Å². The Labute approximate surface area is 748 Å². The molecule has 25 rings (SSSR count). The summed E-state index contributed by atoms with van der Waals surface area (Å²) in [5.41, 5.74) is 25.1. The molecule has 25 aromatic rings. The Bertz CT molecular complexity index is 8840. The molecule has 0 saturated heterocycles. The molecule has 0 bridgehead atoms. The minimum absolute atomic E-state index is 0.0723. The highest BCUT2D eigenvalue weighted by Gasteiger charge is 2.32. The quantitative estimate of drug-likeness (QED) is 0.152. The van der Waals surface area contributed by atoms with Crippen LogP contribution in [0.25, 0.3) is 220 Å². The Morgan fingerprint density at radius 3 is 0.860 bits per heavy atom. The van der Waals surface area contributed by atoms with Crippen LogP contribution in [-0.2, 0) is 35.2 Å². The smallest absolute Gasteiger partial charge is 0.334 e. The van der Waals surface area contributed by atoms with E-state index in [0.717, 1.165) is 183 Å². The predicted molar refractivity (Wildman–Crippen MR) is 521 cm³/mol. The first kappa shape index (κ1) is 76.6. The second-order valence-electron chi connectivity index (χ2n) is 33.7. The van der Waals surface area contributed by atoms with Gasteiger partial charge in [0, 0.05) is 82.6 Å². The second-order valence-corrected chi connectivity index (χ2v) is 33.7. The Morgan fingerprint density at radius 1 is 0.240 bits per heavy atom. The van der Waals surface area contributed by atoms with E-state index in [0.29, 0.717) is 0 Å². The molecular weight excluding hydrogens is 1590 g/mol. The number of hydrogen-bond donors (Lipinski definition) is 0. The van der Waals surface area contributed by atoms with Crippen LogP contribution in [0.3, 0.4) is 0 Å². The average molecular weight is 1690 g/mol. The number of hydrogen-bond acceptors (Lipinski definition) is 10. The third-order valence-corrected chi connectivity index (χ3v) is 25.5. The van der Waals surface area contributed by atoms with Crippen molar-refractivity contribution in [1.82, 2.24) is 24.9 Å². The lowest BCUT2D eigenvalue weighted by atomic mass is 9.93. The lowest BCUT2D eigenvalue weighted by Gasteiger charge is -2.10. The molecule has 15 heteroatoms. The molecule has 10 heterocycles. The maximum absolute atomic E-state index is 7.64. The minimum Gasteiger partial charge on any atom is -0.455 e. The number of para-hydroxylation sites is 5. The first-order valence-corrected chi connectivity index (χ1v) is 43.4. The predicted octanol–water partition coefficient (Wildman–Crippen LogP) is 25.9. The average Bonchev–Trinajstić information content (AvgIpc) is 1.57. The summed E-state index contributed by atoms with van der Waals surface area (Å²) in [6.07, 6.45) is 17.1. The number of rotatable bonds is 5. The Kier molecular flexibility index (Phi) is 19.1. The topological polar surface area (TPSA) is 150 Å². The van der Waals surface area contributed by atoms with E-state index in [4.69, 9.17) is 36.2 Å². The van der Waals surface area contributed by atoms with Crippen molar-refractivity contribution in [2.24, 2.45) is 35.2 Å². The Balaban J connectivity index is 0.0000000995. The summed E-state index contributed by atoms with van der Waals surface area (Å²) in [5, 5.41) is 23.6. The lowest BCUT2D eigenvalue weighted by molar-refractivity contribution is -0.663. The minimum atomic E-state index is -2.25. The van der Waals surface area contributed by atoms with E-state index >= 15 is 0 Å². The number of aromatic nitrogens is 10. The molecule has 0 radical (unpaired) electrons. The first-order chi connectivity index (χ1) is 64.1. The zero-order valence-electron chi connectivity index (χ0n) is 77.0. The molecule has 0 fully saturated rings. The first-order valence-electron chi connectivity index (χ1n) is 44.9. The van der Waals surface area contributed by atoms with Crippen LogP contribution >= 0.6 is 0 Å². The summed E-state index contributed by atoms with van der Waals surface area (Å²) in [7, 11) is 10.00. The molecule has 15 aromatic carbocycles. The molecule has 129 heavy (non-hydrogen) atoms. The molecule has 624 valence electrons. The Hall–Kier alpha value is -16.0. The van der Waals surface area contributed by atoms with Crippen molar-refractivity contribution in [3.63, 3.8) is 0 Å². The molecule has 0 atom stereocenters. The summed E-state index contributed by atoms with van der Waals surface area (Å²) < 4.78 is 64.8. The van der Waals surface area contributed by atoms with Gasteiger partial charge in [0.25, 0.3) is 0 Å². The number of fused-ring (bicyclic) bond motifs is 25. The van der Waals surface area contributed by atoms with E-state index in [-0.39, 0.29) is 5.69 Å². The van der Waals surface area contributed by atoms with Crippen LogP contribution in [0.15, 0.2) is 333 Å². The highest BCUT2D eigenvalue weighted by atomic mass is 16.3. The van der Waals surface area contributed by atoms with Crippen molar-refractivity contribution in [2.75, 3.05) is 0 Å². The molecule has 0 amide bonds. The van der Waals surface area contributed by atoms with Gasteiger partial charge >= 0.3 is 17.5 Å². The fraction of sp³-hybridized carbons (Fsp3) is 0.123. The van der Waals surface area contributed by atoms with Gasteiger partial charge in [0.15, 0.2) is 34.8 Å². The molecule has 0 unspecified atom stereocenters. The SMILES string of the molecule is Cc1c(-c2nccc[n+]2C)c2oc3ccccc3c2c2ccccc12.Cc1c[n+](C)c(-c2c(C)c3ccccc3c3c2oc2ccccc23)cn1.Cc1cc[n+](C)c(-c2c(C)c3ccccc3c3c2oc2ccccc23)n1.Cc1cnc(-c2c(C)c3ccccc3c3c2oc2ccccc23)[n+](C)c1.[2H]C([2H])([2H])c1c[n+](C)c(-c2c(C)c3ccccc3c3c2oc2ccccc23)cn1. The maximum Gasteiger partial charge on any atom is 0.334 e. The summed E-state index contributed by atoms with van der Waals surface area (Å²) in [6.45, 7) is 14.6. The second kappa shape index (κ2) is 32.2. The number of aryl methyl sites for hydroxylation is 14. The van der Waals surface area contributed by atoms with Crippen molar-refractivity contribution in [1.29, 1.82) is 0 Å². The summed E-state index contributed by atoms with van der Waals surface area (Å²) in [4.78, 5) is 23.0. The highest BCUT2D eigenvalue weighted by molar-refractivity contribution is 6.28. The van der Waals surface area contributed by atoms with Gasteiger partial charge in [-0.3, -0.25) is 0 Å². The molecular formula is C114H93N10O5+5. The van der Waals surface area contributed by atoms with E-state index in [1.807, 2.05) is 167 Å². The zero-order chi connectivity index (χ0) is 90.8. The van der Waals surface area contributed by atoms with Crippen molar-refractivity contribution in [3.8, 4) is 56.7 Å². The third kappa shape index (κ3) is 13.5. The van der Waals surface area contributed by atoms with Gasteiger partial charge in [0.05, 0.1) is 63.3 Å². The van der Waals surface area contributed by atoms with Crippen LogP contribution in [-0.4, -0.2) is 24.9 Å². The van der Waals surface area contributed by atoms with Gasteiger partial charge in [-0.15, -0.1) is 0 Å². The van der Waals surface area contributed by atoms with E-state index < -0.39 is 6.85 Å². The van der Waals surface area contributed by atoms with E-state index in [1.54, 1.807) is 12.4 Å². The maximum atomic E-state index is 7.64. The zero-order valence-corrected chi connectivity index (χ0v) is 74.0. The molecule has 0 N–H and O–H groups in total. The molecule has 0 aliphatic carbocycles. The summed E-state index contributed by atoms with van der Waals surface area (Å²) in [6, 6.07) is 87.5. The fourth-order valence-electron chi connectivity index (χ4n) is 19.5. The van der Waals surface area contributed by atoms with E-state index in [1.165, 1.54) is 81.5 Å². The van der Waals surface area contributed by atoms with E-state index in [9.17, 15) is 0 Å². The van der Waals surface area contributed by atoms with Crippen molar-refractivity contribution < 1.29 is 49.0 Å². The number of nitrogens with zero attached hydrogens (tertiary/aromatic N) is 10. The van der Waals surface area contributed by atoms with Crippen molar-refractivity contribution >= 4 is 164 Å². The molecule has 0 aliphatic rings. The highest BCUT2D eigenvalue weighted by Crippen LogP contribution is 2.49. The standard InChI is InChI=1S/4C23H19N2O.C22H17N2O/c2*1-14-13-25(3)19(12-24-14)21-15(2)16-8-4-5-9-17(16)22-18-10-6-7-11-20(18)26-23(21)22;1-14-12-24-23(25(3)13-14)20-15(2)16-8-4-5-9-17(16)21-18-10-6-7-11-19(18)26-22(20)21;1-14-12-13-25(3)23(24-14)20-15(2)16-8-4-5-9-17(16)21-18-10-6-7-11-19(18)26-22(20)21;1-14-15-8-3-4-9-16(15)20-17-10-5-6-11-18(17)25-21(20)19(14)22-23-12-7-13-24(22)2/h4*4-13H,1-3H3;3-13H,1-2H3/q5*+1/i1D3;;;;. The largest absolute Gasteiger partial charge is 0.455 e. The number of benzene rings is 15. The van der Waals surface area contributed by atoms with Gasteiger partial charge in [-0.2, -0.15) is 9.13 Å². The van der Waals surface area contributed by atoms with E-state index in [2.05, 4.69) is 260 Å². The van der Waals surface area contributed by atoms with Crippen LogP contribution in [0, 0.1) is 62.2 Å². The van der Waals surface area contributed by atoms with Crippen LogP contribution in [0.1, 0.15) is 54.6 Å². The molecule has 10 aromatic heterocycles. The van der Waals surface area contributed by atoms with Crippen molar-refractivity contribution in [3.05, 3.63) is 361 Å². The number of furan rings is 5. The van der Waals surface area contributed by atoms with Gasteiger partial charge in [0.1, 0.15) is 93.6 Å². The summed E-state index contributed by atoms with van der Waals surface area (Å²) >= 11 is 0. The molecule has 0 spiro atoms. The Morgan fingerprint density at radius 2 is 0.527 bits per heavy atom. The normalized spacial score (nSPS) is 12.1. The monoisotopic (exact) mass is 1680 g/mol. The lowest BCUT2D eigenvalue weighted by Crippen LogP contribution is -2.32. The van der Waals surface area contributed by atoms with Gasteiger partial charge < -0.3 is 22.1 Å².